The van der Waals surface area contributed by atoms with Crippen LogP contribution in [-0.4, -0.2) is 54.7 Å². The number of piperidine rings is 1. The number of aliphatic hydroxyl groups is 1. The number of ether oxygens (including phenoxy) is 1. The number of rotatable bonds is 6. The van der Waals surface area contributed by atoms with Crippen LogP contribution in [0.5, 0.6) is 0 Å². The fourth-order valence-corrected chi connectivity index (χ4v) is 1.93. The highest BCUT2D eigenvalue weighted by Gasteiger charge is 2.18. The maximum Gasteiger partial charge on any atom is 0.0701 e. The first-order chi connectivity index (χ1) is 7.36. The molecular formula is C11H21NO2S. The van der Waals surface area contributed by atoms with Gasteiger partial charge in [-0.2, -0.15) is 12.6 Å². The van der Waals surface area contributed by atoms with Crippen LogP contribution in [0.25, 0.3) is 0 Å². The van der Waals surface area contributed by atoms with E-state index in [1.165, 1.54) is 0 Å². The monoisotopic (exact) mass is 231 g/mol. The van der Waals surface area contributed by atoms with Crippen LogP contribution in [0.3, 0.4) is 0 Å². The Morgan fingerprint density at radius 2 is 2.07 bits per heavy atom. The van der Waals surface area contributed by atoms with Gasteiger partial charge in [0.05, 0.1) is 19.3 Å². The molecule has 88 valence electrons. The summed E-state index contributed by atoms with van der Waals surface area (Å²) >= 11 is 4.12. The number of thiol groups is 1. The minimum Gasteiger partial charge on any atom is -0.394 e. The van der Waals surface area contributed by atoms with Gasteiger partial charge in [0.25, 0.3) is 0 Å². The molecule has 0 saturated carbocycles. The number of aliphatic hydroxyl groups excluding tert-OH is 1. The minimum atomic E-state index is 0.130. The Labute approximate surface area is 97.5 Å². The van der Waals surface area contributed by atoms with E-state index >= 15 is 0 Å². The lowest BCUT2D eigenvalue weighted by molar-refractivity contribution is -0.00591. The molecule has 0 spiro atoms. The molecule has 0 bridgehead atoms. The number of hydrogen-bond acceptors (Lipinski definition) is 4. The molecule has 1 rings (SSSR count). The van der Waals surface area contributed by atoms with E-state index in [1.807, 2.05) is 0 Å². The maximum absolute atomic E-state index is 8.64. The van der Waals surface area contributed by atoms with Crippen molar-refractivity contribution in [2.24, 2.45) is 0 Å². The molecule has 1 heterocycles. The first-order valence-electron chi connectivity index (χ1n) is 5.57. The van der Waals surface area contributed by atoms with Gasteiger partial charge in [-0.05, 0) is 12.8 Å². The van der Waals surface area contributed by atoms with Crippen molar-refractivity contribution in [1.82, 2.24) is 4.90 Å². The predicted octanol–water partition coefficient (Wildman–Crippen LogP) is 0.946. The zero-order valence-electron chi connectivity index (χ0n) is 9.14. The lowest BCUT2D eigenvalue weighted by atomic mass is 10.1. The molecule has 1 N–H and O–H groups in total. The second-order valence-corrected chi connectivity index (χ2v) is 4.11. The average molecular weight is 231 g/mol. The molecule has 1 saturated heterocycles. The highest BCUT2D eigenvalue weighted by Crippen LogP contribution is 2.13. The van der Waals surface area contributed by atoms with Crippen LogP contribution in [0, 0.1) is 0 Å². The van der Waals surface area contributed by atoms with Crippen LogP contribution in [-0.2, 0) is 4.74 Å². The number of hydrogen-bond donors (Lipinski definition) is 2. The molecule has 0 aromatic carbocycles. The molecule has 1 fully saturated rings. The third kappa shape index (κ3) is 5.56. The van der Waals surface area contributed by atoms with Gasteiger partial charge in [0.2, 0.25) is 0 Å². The molecule has 0 aromatic rings. The summed E-state index contributed by atoms with van der Waals surface area (Å²) in [4.78, 5) is 2.42. The van der Waals surface area contributed by atoms with Crippen LogP contribution in [0.15, 0.2) is 12.2 Å². The average Bonchev–Trinajstić information content (AvgIpc) is 2.28. The molecule has 3 nitrogen and oxygen atoms in total. The Balaban J connectivity index is 2.09. The normalized spacial score (nSPS) is 20.1. The summed E-state index contributed by atoms with van der Waals surface area (Å²) in [7, 11) is 0. The van der Waals surface area contributed by atoms with Crippen molar-refractivity contribution in [3.63, 3.8) is 0 Å². The zero-order chi connectivity index (χ0) is 10.9. The lowest BCUT2D eigenvalue weighted by Gasteiger charge is -2.30. The van der Waals surface area contributed by atoms with Gasteiger partial charge in [0.15, 0.2) is 0 Å². The molecule has 1 aliphatic heterocycles. The quantitative estimate of drug-likeness (QED) is 0.527. The topological polar surface area (TPSA) is 32.7 Å². The van der Waals surface area contributed by atoms with Crippen LogP contribution in [0.2, 0.25) is 0 Å². The summed E-state index contributed by atoms with van der Waals surface area (Å²) < 4.78 is 5.50. The fraction of sp³-hybridized carbons (Fsp3) is 0.818. The summed E-state index contributed by atoms with van der Waals surface area (Å²) in [5.41, 5.74) is 0. The van der Waals surface area contributed by atoms with Gasteiger partial charge in [0.1, 0.15) is 0 Å². The van der Waals surface area contributed by atoms with Crippen molar-refractivity contribution in [2.45, 2.75) is 18.9 Å². The molecule has 0 amide bonds. The molecule has 0 unspecified atom stereocenters. The van der Waals surface area contributed by atoms with Crippen LogP contribution >= 0.6 is 12.6 Å². The third-order valence-corrected chi connectivity index (χ3v) is 2.83. The molecule has 0 atom stereocenters. The van der Waals surface area contributed by atoms with Crippen molar-refractivity contribution in [3.05, 3.63) is 12.2 Å². The summed E-state index contributed by atoms with van der Waals surface area (Å²) in [6.07, 6.45) is 6.75. The summed E-state index contributed by atoms with van der Waals surface area (Å²) in [6, 6.07) is 0. The van der Waals surface area contributed by atoms with E-state index in [2.05, 4.69) is 29.7 Å². The van der Waals surface area contributed by atoms with Gasteiger partial charge in [-0.15, -0.1) is 0 Å². The molecule has 0 radical (unpaired) electrons. The molecule has 15 heavy (non-hydrogen) atoms. The molecule has 0 aliphatic carbocycles. The third-order valence-electron chi connectivity index (χ3n) is 2.62. The van der Waals surface area contributed by atoms with E-state index in [9.17, 15) is 0 Å². The Morgan fingerprint density at radius 3 is 2.67 bits per heavy atom. The highest BCUT2D eigenvalue weighted by molar-refractivity contribution is 7.80. The van der Waals surface area contributed by atoms with E-state index in [1.54, 1.807) is 0 Å². The van der Waals surface area contributed by atoms with E-state index in [0.717, 1.165) is 38.2 Å². The Hall–Kier alpha value is -0.0300. The first-order valence-corrected chi connectivity index (χ1v) is 6.20. The SMILES string of the molecule is OCCOC1CCN(C/C=C/CS)CC1. The van der Waals surface area contributed by atoms with Gasteiger partial charge >= 0.3 is 0 Å². The lowest BCUT2D eigenvalue weighted by Crippen LogP contribution is -2.37. The van der Waals surface area contributed by atoms with E-state index in [-0.39, 0.29) is 6.61 Å². The van der Waals surface area contributed by atoms with E-state index in [0.29, 0.717) is 12.7 Å². The molecule has 1 aliphatic rings. The Bertz CT molecular complexity index is 179. The fourth-order valence-electron chi connectivity index (χ4n) is 1.78. The van der Waals surface area contributed by atoms with Crippen molar-refractivity contribution < 1.29 is 9.84 Å². The second kappa shape index (κ2) is 8.16. The van der Waals surface area contributed by atoms with Crippen LogP contribution < -0.4 is 0 Å². The summed E-state index contributed by atoms with van der Waals surface area (Å²) in [5, 5.41) is 8.64. The van der Waals surface area contributed by atoms with Gasteiger partial charge in [0, 0.05) is 25.4 Å². The smallest absolute Gasteiger partial charge is 0.0701 e. The second-order valence-electron chi connectivity index (χ2n) is 3.75. The van der Waals surface area contributed by atoms with Gasteiger partial charge < -0.3 is 9.84 Å². The Kier molecular flexibility index (Phi) is 7.09. The number of nitrogens with zero attached hydrogens (tertiary/aromatic N) is 1. The standard InChI is InChI=1S/C11H21NO2S/c13-8-9-14-11-3-6-12(7-4-11)5-1-2-10-15/h1-2,11,13,15H,3-10H2/b2-1+. The predicted molar refractivity (Wildman–Crippen MR) is 65.5 cm³/mol. The van der Waals surface area contributed by atoms with Crippen molar-refractivity contribution in [2.75, 3.05) is 38.6 Å². The van der Waals surface area contributed by atoms with Crippen molar-refractivity contribution in [3.8, 4) is 0 Å². The van der Waals surface area contributed by atoms with Gasteiger partial charge in [-0.25, -0.2) is 0 Å². The van der Waals surface area contributed by atoms with Gasteiger partial charge in [-0.3, -0.25) is 4.90 Å². The van der Waals surface area contributed by atoms with Crippen molar-refractivity contribution in [1.29, 1.82) is 0 Å². The highest BCUT2D eigenvalue weighted by atomic mass is 32.1. The summed E-state index contributed by atoms with van der Waals surface area (Å²) in [5.74, 6) is 0.816. The van der Waals surface area contributed by atoms with E-state index < -0.39 is 0 Å². The van der Waals surface area contributed by atoms with E-state index in [4.69, 9.17) is 9.84 Å². The van der Waals surface area contributed by atoms with Crippen molar-refractivity contribution >= 4 is 12.6 Å². The first kappa shape index (κ1) is 13.0. The van der Waals surface area contributed by atoms with Gasteiger partial charge in [-0.1, -0.05) is 12.2 Å². The molecule has 0 aromatic heterocycles. The summed E-state index contributed by atoms with van der Waals surface area (Å²) in [6.45, 7) is 3.81. The maximum atomic E-state index is 8.64. The van der Waals surface area contributed by atoms with Crippen LogP contribution in [0.4, 0.5) is 0 Å². The Morgan fingerprint density at radius 1 is 1.33 bits per heavy atom. The largest absolute Gasteiger partial charge is 0.394 e. The minimum absolute atomic E-state index is 0.130. The molecular weight excluding hydrogens is 210 g/mol. The zero-order valence-corrected chi connectivity index (χ0v) is 10.0. The molecule has 4 heteroatoms. The number of likely N-dealkylation sites (tertiary alicyclic amines) is 1. The van der Waals surface area contributed by atoms with Crippen LogP contribution in [0.1, 0.15) is 12.8 Å².